The van der Waals surface area contributed by atoms with Gasteiger partial charge in [0.1, 0.15) is 0 Å². The number of aromatic nitrogens is 2. The Labute approximate surface area is 108 Å². The van der Waals surface area contributed by atoms with Gasteiger partial charge in [-0.2, -0.15) is 0 Å². The van der Waals surface area contributed by atoms with Crippen LogP contribution in [0.15, 0.2) is 30.7 Å². The normalized spacial score (nSPS) is 14.5. The lowest BCUT2D eigenvalue weighted by atomic mass is 9.90. The summed E-state index contributed by atoms with van der Waals surface area (Å²) < 4.78 is 2.05. The summed E-state index contributed by atoms with van der Waals surface area (Å²) in [7, 11) is 0. The van der Waals surface area contributed by atoms with Crippen molar-refractivity contribution in [1.82, 2.24) is 9.55 Å². The van der Waals surface area contributed by atoms with Crippen molar-refractivity contribution < 1.29 is 0 Å². The molecule has 0 amide bonds. The predicted molar refractivity (Wildman–Crippen MR) is 73.4 cm³/mol. The smallest absolute Gasteiger partial charge is 0.0954 e. The average Bonchev–Trinajstić information content (AvgIpc) is 2.87. The molecule has 1 heterocycles. The van der Waals surface area contributed by atoms with Gasteiger partial charge in [0.05, 0.1) is 12.0 Å². The van der Waals surface area contributed by atoms with Gasteiger partial charge >= 0.3 is 0 Å². The van der Waals surface area contributed by atoms with E-state index in [1.54, 1.807) is 0 Å². The number of aryl methyl sites for hydroxylation is 2. The molecule has 0 saturated heterocycles. The second kappa shape index (κ2) is 4.94. The summed E-state index contributed by atoms with van der Waals surface area (Å²) in [6.07, 6.45) is 9.04. The van der Waals surface area contributed by atoms with Gasteiger partial charge in [-0.3, -0.25) is 0 Å². The first-order chi connectivity index (χ1) is 8.86. The number of nitrogens with two attached hydrogens (primary N) is 1. The van der Waals surface area contributed by atoms with E-state index in [2.05, 4.69) is 33.9 Å². The maximum Gasteiger partial charge on any atom is 0.0954 e. The lowest BCUT2D eigenvalue weighted by Gasteiger charge is -2.16. The molecular weight excluding hydrogens is 222 g/mol. The monoisotopic (exact) mass is 241 g/mol. The summed E-state index contributed by atoms with van der Waals surface area (Å²) in [4.78, 5) is 4.46. The van der Waals surface area contributed by atoms with Crippen molar-refractivity contribution in [2.24, 2.45) is 5.73 Å². The van der Waals surface area contributed by atoms with Gasteiger partial charge in [0.25, 0.3) is 0 Å². The number of nitrogens with zero attached hydrogens (tertiary/aromatic N) is 2. The Hall–Kier alpha value is -1.61. The number of fused-ring (bicyclic) bond motifs is 1. The maximum atomic E-state index is 5.55. The van der Waals surface area contributed by atoms with E-state index in [1.165, 1.54) is 42.4 Å². The fraction of sp³-hybridized carbons (Fsp3) is 0.400. The molecule has 0 fully saturated rings. The van der Waals surface area contributed by atoms with Crippen molar-refractivity contribution in [1.29, 1.82) is 0 Å². The Bertz CT molecular complexity index is 542. The van der Waals surface area contributed by atoms with Crippen molar-refractivity contribution in [3.05, 3.63) is 41.9 Å². The number of imidazole rings is 1. The lowest BCUT2D eigenvalue weighted by molar-refractivity contribution is 0.686. The number of rotatable bonds is 3. The van der Waals surface area contributed by atoms with Crippen LogP contribution in [-0.4, -0.2) is 16.1 Å². The first-order valence-electron chi connectivity index (χ1n) is 6.71. The molecule has 1 aromatic heterocycles. The Morgan fingerprint density at radius 2 is 2.00 bits per heavy atom. The Morgan fingerprint density at radius 1 is 1.17 bits per heavy atom. The summed E-state index contributed by atoms with van der Waals surface area (Å²) >= 11 is 0. The standard InChI is InChI=1S/C15H19N3/c16-7-8-18-10-15(17-11-18)14-6-5-12-3-1-2-4-13(12)9-14/h5-6,9-11H,1-4,7-8,16H2. The average molecular weight is 241 g/mol. The zero-order valence-corrected chi connectivity index (χ0v) is 10.6. The van der Waals surface area contributed by atoms with Gasteiger partial charge in [-0.05, 0) is 42.9 Å². The Balaban J connectivity index is 1.91. The largest absolute Gasteiger partial charge is 0.336 e. The van der Waals surface area contributed by atoms with Gasteiger partial charge in [0.15, 0.2) is 0 Å². The van der Waals surface area contributed by atoms with Crippen molar-refractivity contribution in [3.8, 4) is 11.3 Å². The van der Waals surface area contributed by atoms with E-state index in [4.69, 9.17) is 5.73 Å². The van der Waals surface area contributed by atoms with Crippen LogP contribution in [0, 0.1) is 0 Å². The number of hydrogen-bond acceptors (Lipinski definition) is 2. The third-order valence-corrected chi connectivity index (χ3v) is 3.66. The van der Waals surface area contributed by atoms with Gasteiger partial charge in [-0.1, -0.05) is 12.1 Å². The molecule has 3 rings (SSSR count). The van der Waals surface area contributed by atoms with Crippen LogP contribution >= 0.6 is 0 Å². The first kappa shape index (κ1) is 11.5. The topological polar surface area (TPSA) is 43.8 Å². The minimum Gasteiger partial charge on any atom is -0.336 e. The summed E-state index contributed by atoms with van der Waals surface area (Å²) in [6.45, 7) is 1.48. The van der Waals surface area contributed by atoms with Gasteiger partial charge in [0.2, 0.25) is 0 Å². The summed E-state index contributed by atoms with van der Waals surface area (Å²) in [5, 5.41) is 0. The summed E-state index contributed by atoms with van der Waals surface area (Å²) in [5.74, 6) is 0. The van der Waals surface area contributed by atoms with Gasteiger partial charge in [-0.25, -0.2) is 4.98 Å². The van der Waals surface area contributed by atoms with E-state index in [0.29, 0.717) is 6.54 Å². The molecule has 94 valence electrons. The van der Waals surface area contributed by atoms with Crippen LogP contribution in [-0.2, 0) is 19.4 Å². The molecule has 0 unspecified atom stereocenters. The van der Waals surface area contributed by atoms with Crippen LogP contribution in [0.3, 0.4) is 0 Å². The molecule has 18 heavy (non-hydrogen) atoms. The SMILES string of the molecule is NCCn1cnc(-c2ccc3c(c2)CCCC3)c1. The Morgan fingerprint density at radius 3 is 2.83 bits per heavy atom. The minimum atomic E-state index is 0.653. The molecule has 1 aliphatic rings. The molecule has 0 saturated carbocycles. The van der Waals surface area contributed by atoms with Crippen LogP contribution in [0.4, 0.5) is 0 Å². The van der Waals surface area contributed by atoms with Crippen LogP contribution in [0.25, 0.3) is 11.3 Å². The molecule has 1 aliphatic carbocycles. The van der Waals surface area contributed by atoms with E-state index in [-0.39, 0.29) is 0 Å². The summed E-state index contributed by atoms with van der Waals surface area (Å²) in [5.41, 5.74) is 10.9. The third-order valence-electron chi connectivity index (χ3n) is 3.66. The van der Waals surface area contributed by atoms with Crippen LogP contribution < -0.4 is 5.73 Å². The Kier molecular flexibility index (Phi) is 3.15. The summed E-state index contributed by atoms with van der Waals surface area (Å²) in [6, 6.07) is 6.77. The molecule has 2 N–H and O–H groups in total. The van der Waals surface area contributed by atoms with E-state index in [1.807, 2.05) is 6.33 Å². The third kappa shape index (κ3) is 2.18. The van der Waals surface area contributed by atoms with Gasteiger partial charge in [0, 0.05) is 24.8 Å². The van der Waals surface area contributed by atoms with E-state index in [0.717, 1.165) is 12.2 Å². The fourth-order valence-corrected chi connectivity index (χ4v) is 2.67. The quantitative estimate of drug-likeness (QED) is 0.896. The molecule has 0 bridgehead atoms. The number of hydrogen-bond donors (Lipinski definition) is 1. The molecule has 2 aromatic rings. The molecular formula is C15H19N3. The molecule has 0 radical (unpaired) electrons. The molecule has 1 aromatic carbocycles. The molecule has 3 nitrogen and oxygen atoms in total. The van der Waals surface area contributed by atoms with Gasteiger partial charge in [-0.15, -0.1) is 0 Å². The second-order valence-corrected chi connectivity index (χ2v) is 4.98. The zero-order chi connectivity index (χ0) is 12.4. The first-order valence-corrected chi connectivity index (χ1v) is 6.71. The fourth-order valence-electron chi connectivity index (χ4n) is 2.67. The van der Waals surface area contributed by atoms with Crippen LogP contribution in [0.5, 0.6) is 0 Å². The van der Waals surface area contributed by atoms with Crippen LogP contribution in [0.2, 0.25) is 0 Å². The lowest BCUT2D eigenvalue weighted by Crippen LogP contribution is -2.07. The van der Waals surface area contributed by atoms with Crippen molar-refractivity contribution >= 4 is 0 Å². The van der Waals surface area contributed by atoms with Crippen molar-refractivity contribution in [2.75, 3.05) is 6.54 Å². The highest BCUT2D eigenvalue weighted by Gasteiger charge is 2.11. The van der Waals surface area contributed by atoms with Gasteiger partial charge < -0.3 is 10.3 Å². The highest BCUT2D eigenvalue weighted by molar-refractivity contribution is 5.60. The molecule has 0 spiro atoms. The van der Waals surface area contributed by atoms with Crippen molar-refractivity contribution in [2.45, 2.75) is 32.2 Å². The highest BCUT2D eigenvalue weighted by atomic mass is 15.0. The minimum absolute atomic E-state index is 0.653. The second-order valence-electron chi connectivity index (χ2n) is 4.98. The number of benzene rings is 1. The predicted octanol–water partition coefficient (Wildman–Crippen LogP) is 2.39. The van der Waals surface area contributed by atoms with E-state index >= 15 is 0 Å². The van der Waals surface area contributed by atoms with Crippen LogP contribution in [0.1, 0.15) is 24.0 Å². The maximum absolute atomic E-state index is 5.55. The zero-order valence-electron chi connectivity index (χ0n) is 10.6. The van der Waals surface area contributed by atoms with E-state index in [9.17, 15) is 0 Å². The molecule has 0 atom stereocenters. The molecule has 0 aliphatic heterocycles. The van der Waals surface area contributed by atoms with Crippen molar-refractivity contribution in [3.63, 3.8) is 0 Å². The van der Waals surface area contributed by atoms with E-state index < -0.39 is 0 Å². The molecule has 3 heteroatoms. The highest BCUT2D eigenvalue weighted by Crippen LogP contribution is 2.26.